The lowest BCUT2D eigenvalue weighted by Crippen LogP contribution is -2.39. The van der Waals surface area contributed by atoms with Gasteiger partial charge in [-0.05, 0) is 18.5 Å². The van der Waals surface area contributed by atoms with E-state index in [1.807, 2.05) is 0 Å². The molecular weight excluding hydrogens is 145 g/mol. The number of hydrogen-bond acceptors (Lipinski definition) is 1. The van der Waals surface area contributed by atoms with Gasteiger partial charge >= 0.3 is 0 Å². The van der Waals surface area contributed by atoms with E-state index < -0.39 is 0 Å². The Morgan fingerprint density at radius 3 is 2.00 bits per heavy atom. The lowest BCUT2D eigenvalue weighted by atomic mass is 9.81. The van der Waals surface area contributed by atoms with Crippen LogP contribution in [0.25, 0.3) is 0 Å². The molecule has 0 atom stereocenters. The maximum atomic E-state index is 2.55. The molecular formula is C10H23BN. The molecule has 1 radical (unpaired) electrons. The van der Waals surface area contributed by atoms with Crippen LogP contribution in [0, 0.1) is 6.42 Å². The minimum atomic E-state index is 0.682. The van der Waals surface area contributed by atoms with Gasteiger partial charge < -0.3 is 4.81 Å². The molecule has 2 heteroatoms. The third-order valence-electron chi connectivity index (χ3n) is 2.24. The topological polar surface area (TPSA) is 3.24 Å². The van der Waals surface area contributed by atoms with Gasteiger partial charge in [-0.1, -0.05) is 47.4 Å². The highest BCUT2D eigenvalue weighted by Crippen LogP contribution is 2.05. The highest BCUT2D eigenvalue weighted by Gasteiger charge is 2.12. The fourth-order valence-corrected chi connectivity index (χ4v) is 1.59. The second-order valence-corrected chi connectivity index (χ2v) is 3.98. The average molecular weight is 168 g/mol. The van der Waals surface area contributed by atoms with E-state index in [1.165, 1.54) is 20.2 Å². The van der Waals surface area contributed by atoms with Gasteiger partial charge in [0.1, 0.15) is 0 Å². The van der Waals surface area contributed by atoms with E-state index in [-0.39, 0.29) is 0 Å². The summed E-state index contributed by atoms with van der Waals surface area (Å²) in [6.07, 6.45) is 4.79. The maximum Gasteiger partial charge on any atom is 0.204 e. The zero-order valence-corrected chi connectivity index (χ0v) is 9.30. The monoisotopic (exact) mass is 168 g/mol. The Balaban J connectivity index is 3.64. The van der Waals surface area contributed by atoms with Crippen molar-refractivity contribution in [2.24, 2.45) is 0 Å². The van der Waals surface area contributed by atoms with Crippen molar-refractivity contribution in [1.82, 2.24) is 4.81 Å². The molecule has 0 aliphatic heterocycles. The number of rotatable bonds is 6. The summed E-state index contributed by atoms with van der Waals surface area (Å²) < 4.78 is 0. The van der Waals surface area contributed by atoms with Crippen LogP contribution in [0.4, 0.5) is 0 Å². The highest BCUT2D eigenvalue weighted by molar-refractivity contribution is 6.32. The van der Waals surface area contributed by atoms with Crippen molar-refractivity contribution >= 4 is 7.41 Å². The summed E-state index contributed by atoms with van der Waals surface area (Å²) in [4.78, 5) is 2.55. The predicted molar refractivity (Wildman–Crippen MR) is 58.7 cm³/mol. The Kier molecular flexibility index (Phi) is 6.54. The predicted octanol–water partition coefficient (Wildman–Crippen LogP) is 2.49. The van der Waals surface area contributed by atoms with E-state index in [2.05, 4.69) is 45.9 Å². The van der Waals surface area contributed by atoms with Crippen molar-refractivity contribution < 1.29 is 0 Å². The van der Waals surface area contributed by atoms with Crippen LogP contribution < -0.4 is 0 Å². The van der Waals surface area contributed by atoms with Crippen molar-refractivity contribution in [2.45, 2.75) is 59.4 Å². The lowest BCUT2D eigenvalue weighted by Gasteiger charge is -2.30. The van der Waals surface area contributed by atoms with E-state index in [4.69, 9.17) is 0 Å². The van der Waals surface area contributed by atoms with Crippen LogP contribution in [0.1, 0.15) is 41.0 Å². The summed E-state index contributed by atoms with van der Waals surface area (Å²) >= 11 is 0. The third kappa shape index (κ3) is 4.81. The molecule has 0 N–H and O–H groups in total. The quantitative estimate of drug-likeness (QED) is 0.435. The molecule has 0 aliphatic rings. The smallest absolute Gasteiger partial charge is 0.204 e. The van der Waals surface area contributed by atoms with Crippen LogP contribution in [0.3, 0.4) is 0 Å². The van der Waals surface area contributed by atoms with Crippen LogP contribution in [0.2, 0.25) is 6.32 Å². The molecule has 0 amide bonds. The first-order valence-electron chi connectivity index (χ1n) is 5.13. The summed E-state index contributed by atoms with van der Waals surface area (Å²) in [5.74, 6) is 0. The summed E-state index contributed by atoms with van der Waals surface area (Å²) in [5, 5.41) is 0. The lowest BCUT2D eigenvalue weighted by molar-refractivity contribution is 0.311. The summed E-state index contributed by atoms with van der Waals surface area (Å²) in [5.41, 5.74) is 0. The summed E-state index contributed by atoms with van der Waals surface area (Å²) in [6.45, 7) is 11.2. The molecule has 0 aromatic rings. The molecule has 0 aromatic heterocycles. The van der Waals surface area contributed by atoms with Crippen molar-refractivity contribution in [2.75, 3.05) is 0 Å². The molecule has 0 heterocycles. The zero-order valence-electron chi connectivity index (χ0n) is 9.30. The number of hydrogen-bond donors (Lipinski definition) is 0. The van der Waals surface area contributed by atoms with Crippen LogP contribution in [-0.2, 0) is 0 Å². The Labute approximate surface area is 78.8 Å². The molecule has 0 aliphatic carbocycles. The highest BCUT2D eigenvalue weighted by atomic mass is 15.1. The number of nitrogens with zero attached hydrogens (tertiary/aromatic N) is 1. The first-order chi connectivity index (χ1) is 5.59. The third-order valence-corrected chi connectivity index (χ3v) is 2.24. The Morgan fingerprint density at radius 2 is 1.67 bits per heavy atom. The van der Waals surface area contributed by atoms with Crippen LogP contribution in [0.15, 0.2) is 0 Å². The van der Waals surface area contributed by atoms with E-state index in [0.717, 1.165) is 0 Å². The molecule has 12 heavy (non-hydrogen) atoms. The molecule has 0 rings (SSSR count). The van der Waals surface area contributed by atoms with Gasteiger partial charge in [0.25, 0.3) is 0 Å². The van der Waals surface area contributed by atoms with E-state index in [0.29, 0.717) is 12.1 Å². The molecule has 0 aromatic carbocycles. The fourth-order valence-electron chi connectivity index (χ4n) is 1.59. The summed E-state index contributed by atoms with van der Waals surface area (Å²) in [6, 6.07) is 1.36. The van der Waals surface area contributed by atoms with E-state index in [1.54, 1.807) is 0 Å². The molecule has 71 valence electrons. The van der Waals surface area contributed by atoms with Gasteiger partial charge in [0.2, 0.25) is 7.41 Å². The van der Waals surface area contributed by atoms with Gasteiger partial charge in [-0.2, -0.15) is 0 Å². The van der Waals surface area contributed by atoms with E-state index in [9.17, 15) is 0 Å². The van der Waals surface area contributed by atoms with Gasteiger partial charge in [-0.25, -0.2) is 0 Å². The van der Waals surface area contributed by atoms with Crippen molar-refractivity contribution in [3.05, 3.63) is 6.42 Å². The molecule has 1 nitrogen and oxygen atoms in total. The Morgan fingerprint density at radius 1 is 1.17 bits per heavy atom. The van der Waals surface area contributed by atoms with Crippen LogP contribution in [-0.4, -0.2) is 24.3 Å². The number of unbranched alkanes of at least 4 members (excludes halogenated alkanes) is 1. The summed E-state index contributed by atoms with van der Waals surface area (Å²) in [7, 11) is 1.24. The van der Waals surface area contributed by atoms with Crippen LogP contribution in [0.5, 0.6) is 0 Å². The molecule has 0 saturated carbocycles. The minimum absolute atomic E-state index is 0.682. The van der Waals surface area contributed by atoms with Gasteiger partial charge in [-0.3, -0.25) is 0 Å². The van der Waals surface area contributed by atoms with Gasteiger partial charge in [0, 0.05) is 0 Å². The zero-order chi connectivity index (χ0) is 9.56. The molecule has 0 spiro atoms. The van der Waals surface area contributed by atoms with Crippen LogP contribution >= 0.6 is 0 Å². The molecule has 0 unspecified atom stereocenters. The molecule has 0 fully saturated rings. The molecule has 0 saturated heterocycles. The SMILES string of the molecule is C[CH]CCBN(C(C)C)C(C)C. The first kappa shape index (κ1) is 12.0. The van der Waals surface area contributed by atoms with Crippen molar-refractivity contribution in [3.8, 4) is 0 Å². The van der Waals surface area contributed by atoms with Crippen molar-refractivity contribution in [3.63, 3.8) is 0 Å². The van der Waals surface area contributed by atoms with Gasteiger partial charge in [-0.15, -0.1) is 0 Å². The van der Waals surface area contributed by atoms with Crippen molar-refractivity contribution in [1.29, 1.82) is 0 Å². The average Bonchev–Trinajstić information content (AvgIpc) is 1.96. The van der Waals surface area contributed by atoms with Gasteiger partial charge in [0.15, 0.2) is 0 Å². The van der Waals surface area contributed by atoms with E-state index >= 15 is 0 Å². The first-order valence-corrected chi connectivity index (χ1v) is 5.13. The second kappa shape index (κ2) is 6.53. The minimum Gasteiger partial charge on any atom is -0.341 e. The largest absolute Gasteiger partial charge is 0.341 e. The Bertz CT molecular complexity index is 94.0. The normalized spacial score (nSPS) is 11.7. The molecule has 0 bridgehead atoms. The second-order valence-electron chi connectivity index (χ2n) is 3.98. The maximum absolute atomic E-state index is 2.55. The standard InChI is InChI=1S/C10H23BN/c1-6-7-8-11-12(9(2)3)10(4)5/h6,9-11H,7-8H2,1-5H3. The van der Waals surface area contributed by atoms with Gasteiger partial charge in [0.05, 0.1) is 0 Å². The fraction of sp³-hybridized carbons (Fsp3) is 0.900. The Hall–Kier alpha value is 0.0249.